The van der Waals surface area contributed by atoms with Crippen molar-refractivity contribution < 1.29 is 19.0 Å². The Morgan fingerprint density at radius 1 is 1.15 bits per heavy atom. The third-order valence-electron chi connectivity index (χ3n) is 5.74. The molecule has 0 bridgehead atoms. The van der Waals surface area contributed by atoms with Crippen LogP contribution in [0.25, 0.3) is 0 Å². The van der Waals surface area contributed by atoms with Crippen LogP contribution in [0.1, 0.15) is 28.8 Å². The Morgan fingerprint density at radius 2 is 1.81 bits per heavy atom. The number of ether oxygens (including phenoxy) is 1. The average Bonchev–Trinajstić information content (AvgIpc) is 3.17. The lowest BCUT2D eigenvalue weighted by atomic mass is 10.0. The molecule has 142 valence electrons. The summed E-state index contributed by atoms with van der Waals surface area (Å²) in [6.07, 6.45) is 2.26. The van der Waals surface area contributed by atoms with Crippen LogP contribution in [0.3, 0.4) is 0 Å². The van der Waals surface area contributed by atoms with Gasteiger partial charge >= 0.3 is 0 Å². The Balaban J connectivity index is 1.30. The molecule has 27 heavy (non-hydrogen) atoms. The minimum absolute atomic E-state index is 0.110. The summed E-state index contributed by atoms with van der Waals surface area (Å²) in [5, 5.41) is 9.25. The molecule has 2 aliphatic rings. The summed E-state index contributed by atoms with van der Waals surface area (Å²) in [5.74, 6) is 0.722. The second-order valence-electron chi connectivity index (χ2n) is 7.83. The lowest BCUT2D eigenvalue weighted by Gasteiger charge is -2.19. The highest BCUT2D eigenvalue weighted by Gasteiger charge is 2.42. The van der Waals surface area contributed by atoms with Crippen molar-refractivity contribution in [2.45, 2.75) is 25.9 Å². The van der Waals surface area contributed by atoms with E-state index in [4.69, 9.17) is 4.74 Å². The molecule has 0 spiro atoms. The normalized spacial score (nSPS) is 24.7. The fraction of sp³-hybridized carbons (Fsp3) is 0.409. The lowest BCUT2D eigenvalue weighted by molar-refractivity contribution is 0.0936. The Bertz CT molecular complexity index is 822. The van der Waals surface area contributed by atoms with Crippen LogP contribution in [0.15, 0.2) is 42.5 Å². The van der Waals surface area contributed by atoms with Crippen LogP contribution >= 0.6 is 0 Å². The Labute approximate surface area is 158 Å². The molecule has 1 heterocycles. The summed E-state index contributed by atoms with van der Waals surface area (Å²) >= 11 is 0. The van der Waals surface area contributed by atoms with Gasteiger partial charge in [0.1, 0.15) is 5.75 Å². The van der Waals surface area contributed by atoms with Crippen molar-refractivity contribution in [1.29, 1.82) is 0 Å². The molecule has 2 aromatic carbocycles. The van der Waals surface area contributed by atoms with E-state index in [2.05, 4.69) is 24.0 Å². The number of nitrogens with zero attached hydrogens (tertiary/aromatic N) is 1. The first-order valence-electron chi connectivity index (χ1n) is 9.45. The smallest absolute Gasteiger partial charge is 0.176 e. The van der Waals surface area contributed by atoms with E-state index in [0.29, 0.717) is 23.9 Å². The number of hydrogen-bond donors (Lipinski definition) is 1. The van der Waals surface area contributed by atoms with E-state index in [1.807, 2.05) is 12.1 Å². The van der Waals surface area contributed by atoms with Gasteiger partial charge < -0.3 is 9.84 Å². The Kier molecular flexibility index (Phi) is 4.87. The van der Waals surface area contributed by atoms with E-state index in [1.165, 1.54) is 17.7 Å². The number of carbonyl (C=O) groups excluding carboxylic acids is 1. The first kappa shape index (κ1) is 18.0. The van der Waals surface area contributed by atoms with E-state index in [1.54, 1.807) is 0 Å². The first-order chi connectivity index (χ1) is 13.0. The SMILES string of the molecule is Cc1ccc(O[C@@H]2C[C@@H]3CN(CC(=O)c4ccc(O)c(F)c4)C[C@@H]3C2)cc1. The highest BCUT2D eigenvalue weighted by atomic mass is 19.1. The van der Waals surface area contributed by atoms with Crippen molar-refractivity contribution in [3.8, 4) is 11.5 Å². The number of Topliss-reactive ketones (excluding diaryl/α,β-unsaturated/α-hetero) is 1. The predicted octanol–water partition coefficient (Wildman–Crippen LogP) is 3.81. The lowest BCUT2D eigenvalue weighted by Crippen LogP contribution is -2.30. The van der Waals surface area contributed by atoms with Crippen LogP contribution in [0.2, 0.25) is 0 Å². The van der Waals surface area contributed by atoms with Gasteiger partial charge in [0.25, 0.3) is 0 Å². The molecule has 1 aliphatic heterocycles. The van der Waals surface area contributed by atoms with Gasteiger partial charge in [-0.2, -0.15) is 0 Å². The molecule has 5 heteroatoms. The number of carbonyl (C=O) groups is 1. The molecule has 4 rings (SSSR count). The standard InChI is InChI=1S/C22H24FNO3/c1-14-2-5-18(6-3-14)27-19-8-16-11-24(12-17(16)9-19)13-22(26)15-4-7-21(25)20(23)10-15/h2-7,10,16-17,19,25H,8-9,11-13H2,1H3/t16-,17+,19-. The molecule has 1 aliphatic carbocycles. The predicted molar refractivity (Wildman–Crippen MR) is 101 cm³/mol. The second-order valence-corrected chi connectivity index (χ2v) is 7.83. The van der Waals surface area contributed by atoms with Crippen LogP contribution in [-0.4, -0.2) is 41.5 Å². The number of hydrogen-bond acceptors (Lipinski definition) is 4. The molecular formula is C22H24FNO3. The molecule has 0 radical (unpaired) electrons. The van der Waals surface area contributed by atoms with Gasteiger partial charge in [0.05, 0.1) is 12.6 Å². The number of rotatable bonds is 5. The van der Waals surface area contributed by atoms with Gasteiger partial charge in [-0.25, -0.2) is 4.39 Å². The molecule has 2 aromatic rings. The van der Waals surface area contributed by atoms with E-state index < -0.39 is 11.6 Å². The maximum atomic E-state index is 13.5. The van der Waals surface area contributed by atoms with Crippen molar-refractivity contribution in [2.24, 2.45) is 11.8 Å². The molecule has 1 saturated carbocycles. The van der Waals surface area contributed by atoms with Crippen LogP contribution in [0.5, 0.6) is 11.5 Å². The largest absolute Gasteiger partial charge is 0.505 e. The number of aryl methyl sites for hydroxylation is 1. The fourth-order valence-electron chi connectivity index (χ4n) is 4.35. The van der Waals surface area contributed by atoms with Crippen LogP contribution in [-0.2, 0) is 0 Å². The molecule has 0 aromatic heterocycles. The summed E-state index contributed by atoms with van der Waals surface area (Å²) in [5.41, 5.74) is 1.53. The molecule has 3 atom stereocenters. The number of aromatic hydroxyl groups is 1. The highest BCUT2D eigenvalue weighted by Crippen LogP contribution is 2.39. The molecule has 1 saturated heterocycles. The first-order valence-corrected chi connectivity index (χ1v) is 9.45. The minimum Gasteiger partial charge on any atom is -0.505 e. The zero-order chi connectivity index (χ0) is 19.0. The number of halogens is 1. The number of ketones is 1. The quantitative estimate of drug-likeness (QED) is 0.815. The van der Waals surface area contributed by atoms with Crippen LogP contribution < -0.4 is 4.74 Å². The highest BCUT2D eigenvalue weighted by molar-refractivity contribution is 5.97. The molecule has 0 unspecified atom stereocenters. The summed E-state index contributed by atoms with van der Waals surface area (Å²) in [7, 11) is 0. The van der Waals surface area contributed by atoms with Crippen molar-refractivity contribution in [1.82, 2.24) is 4.90 Å². The van der Waals surface area contributed by atoms with E-state index in [9.17, 15) is 14.3 Å². The van der Waals surface area contributed by atoms with Gasteiger partial charge in [0.2, 0.25) is 0 Å². The third-order valence-corrected chi connectivity index (χ3v) is 5.74. The number of likely N-dealkylation sites (tertiary alicyclic amines) is 1. The van der Waals surface area contributed by atoms with Gasteiger partial charge in [-0.1, -0.05) is 17.7 Å². The topological polar surface area (TPSA) is 49.8 Å². The van der Waals surface area contributed by atoms with Gasteiger partial charge in [-0.05, 0) is 61.9 Å². The summed E-state index contributed by atoms with van der Waals surface area (Å²) in [6, 6.07) is 12.0. The van der Waals surface area contributed by atoms with Crippen molar-refractivity contribution in [3.63, 3.8) is 0 Å². The Morgan fingerprint density at radius 3 is 2.44 bits per heavy atom. The zero-order valence-electron chi connectivity index (χ0n) is 15.4. The maximum absolute atomic E-state index is 13.5. The second kappa shape index (κ2) is 7.31. The molecule has 0 amide bonds. The van der Waals surface area contributed by atoms with Crippen LogP contribution in [0, 0.1) is 24.6 Å². The monoisotopic (exact) mass is 369 g/mol. The fourth-order valence-corrected chi connectivity index (χ4v) is 4.35. The Hall–Kier alpha value is -2.40. The van der Waals surface area contributed by atoms with Gasteiger partial charge in [-0.3, -0.25) is 9.69 Å². The number of fused-ring (bicyclic) bond motifs is 1. The molecule has 4 nitrogen and oxygen atoms in total. The van der Waals surface area contributed by atoms with Crippen molar-refractivity contribution in [3.05, 3.63) is 59.4 Å². The van der Waals surface area contributed by atoms with Crippen molar-refractivity contribution in [2.75, 3.05) is 19.6 Å². The molecular weight excluding hydrogens is 345 g/mol. The molecule has 2 fully saturated rings. The number of benzene rings is 2. The number of phenolic OH excluding ortho intramolecular Hbond substituents is 1. The van der Waals surface area contributed by atoms with E-state index in [0.717, 1.165) is 37.7 Å². The van der Waals surface area contributed by atoms with E-state index >= 15 is 0 Å². The van der Waals surface area contributed by atoms with Gasteiger partial charge in [0, 0.05) is 18.7 Å². The van der Waals surface area contributed by atoms with Gasteiger partial charge in [-0.15, -0.1) is 0 Å². The molecule has 1 N–H and O–H groups in total. The minimum atomic E-state index is -0.754. The number of phenols is 1. The maximum Gasteiger partial charge on any atom is 0.176 e. The third kappa shape index (κ3) is 3.98. The van der Waals surface area contributed by atoms with Crippen LogP contribution in [0.4, 0.5) is 4.39 Å². The average molecular weight is 369 g/mol. The van der Waals surface area contributed by atoms with E-state index in [-0.39, 0.29) is 11.9 Å². The summed E-state index contributed by atoms with van der Waals surface area (Å²) < 4.78 is 19.6. The summed E-state index contributed by atoms with van der Waals surface area (Å²) in [6.45, 7) is 4.11. The van der Waals surface area contributed by atoms with Crippen molar-refractivity contribution >= 4 is 5.78 Å². The summed E-state index contributed by atoms with van der Waals surface area (Å²) in [4.78, 5) is 14.6. The van der Waals surface area contributed by atoms with Gasteiger partial charge in [0.15, 0.2) is 17.3 Å². The zero-order valence-corrected chi connectivity index (χ0v) is 15.4.